The summed E-state index contributed by atoms with van der Waals surface area (Å²) in [7, 11) is -2.63. The van der Waals surface area contributed by atoms with E-state index < -0.39 is 28.5 Å². The number of methoxy groups -OCH3 is 1. The summed E-state index contributed by atoms with van der Waals surface area (Å²) < 4.78 is 34.5. The minimum atomic E-state index is -4.18. The van der Waals surface area contributed by atoms with Crippen molar-refractivity contribution in [3.05, 3.63) is 88.4 Å². The first-order chi connectivity index (χ1) is 19.5. The molecule has 0 saturated heterocycles. The van der Waals surface area contributed by atoms with Gasteiger partial charge in [-0.15, -0.1) is 0 Å². The van der Waals surface area contributed by atoms with Crippen molar-refractivity contribution in [3.8, 4) is 5.75 Å². The van der Waals surface area contributed by atoms with Crippen molar-refractivity contribution in [2.75, 3.05) is 24.5 Å². The molecule has 3 aromatic rings. The minimum absolute atomic E-state index is 0.0438. The summed E-state index contributed by atoms with van der Waals surface area (Å²) >= 11 is 6.39. The zero-order valence-electron chi connectivity index (χ0n) is 24.2. The lowest BCUT2D eigenvalue weighted by Crippen LogP contribution is -2.52. The first-order valence-electron chi connectivity index (χ1n) is 13.6. The van der Waals surface area contributed by atoms with Gasteiger partial charge in [-0.05, 0) is 74.2 Å². The molecule has 0 spiro atoms. The maximum absolute atomic E-state index is 14.2. The van der Waals surface area contributed by atoms with E-state index in [2.05, 4.69) is 5.32 Å². The zero-order valence-corrected chi connectivity index (χ0v) is 25.8. The van der Waals surface area contributed by atoms with Crippen LogP contribution in [0.3, 0.4) is 0 Å². The molecular weight excluding hydrogens is 562 g/mol. The first-order valence-corrected chi connectivity index (χ1v) is 15.4. The molecular formula is C31H38ClN3O5S. The average Bonchev–Trinajstić information content (AvgIpc) is 2.96. The Labute approximate surface area is 248 Å². The van der Waals surface area contributed by atoms with Crippen LogP contribution in [0.4, 0.5) is 5.69 Å². The van der Waals surface area contributed by atoms with Crippen molar-refractivity contribution in [2.45, 2.75) is 58.0 Å². The van der Waals surface area contributed by atoms with Crippen LogP contribution in [0.2, 0.25) is 5.02 Å². The van der Waals surface area contributed by atoms with E-state index in [9.17, 15) is 18.0 Å². The lowest BCUT2D eigenvalue weighted by atomic mass is 10.1. The van der Waals surface area contributed by atoms with E-state index in [1.807, 2.05) is 26.8 Å². The number of carbonyl (C=O) groups is 2. The summed E-state index contributed by atoms with van der Waals surface area (Å²) in [6.45, 7) is 7.36. The summed E-state index contributed by atoms with van der Waals surface area (Å²) in [6, 6.07) is 17.8. The Morgan fingerprint density at radius 1 is 1.00 bits per heavy atom. The second kappa shape index (κ2) is 14.4. The molecule has 0 radical (unpaired) electrons. The Morgan fingerprint density at radius 3 is 2.32 bits per heavy atom. The van der Waals surface area contributed by atoms with Gasteiger partial charge in [0, 0.05) is 18.1 Å². The summed E-state index contributed by atoms with van der Waals surface area (Å²) in [6.07, 6.45) is 1.08. The Balaban J connectivity index is 2.10. The van der Waals surface area contributed by atoms with Gasteiger partial charge in [0.2, 0.25) is 11.8 Å². The lowest BCUT2D eigenvalue weighted by molar-refractivity contribution is -0.140. The predicted molar refractivity (Wildman–Crippen MR) is 163 cm³/mol. The smallest absolute Gasteiger partial charge is 0.264 e. The third-order valence-electron chi connectivity index (χ3n) is 6.82. The van der Waals surface area contributed by atoms with E-state index in [0.717, 1.165) is 21.9 Å². The van der Waals surface area contributed by atoms with Gasteiger partial charge in [0.05, 0.1) is 17.7 Å². The number of benzene rings is 3. The molecule has 0 aliphatic rings. The fourth-order valence-electron chi connectivity index (χ4n) is 4.47. The van der Waals surface area contributed by atoms with Crippen molar-refractivity contribution in [1.82, 2.24) is 10.2 Å². The molecule has 8 nitrogen and oxygen atoms in total. The van der Waals surface area contributed by atoms with Crippen LogP contribution in [-0.2, 0) is 26.2 Å². The number of nitrogens with zero attached hydrogens (tertiary/aromatic N) is 2. The molecule has 3 aromatic carbocycles. The maximum Gasteiger partial charge on any atom is 0.264 e. The molecule has 0 heterocycles. The van der Waals surface area contributed by atoms with Gasteiger partial charge in [0.1, 0.15) is 18.3 Å². The Kier molecular flexibility index (Phi) is 11.2. The molecule has 220 valence electrons. The summed E-state index contributed by atoms with van der Waals surface area (Å²) in [5, 5.41) is 3.26. The molecule has 2 amide bonds. The molecule has 0 saturated carbocycles. The third-order valence-corrected chi connectivity index (χ3v) is 9.00. The SMILES string of the molecule is CCCNC(=O)[C@@H](CC)N(Cc1cccc(OC)c1)C(=O)CN(c1cccc(Cl)c1C)S(=O)(=O)c1ccc(C)cc1. The number of sulfonamides is 1. The molecule has 0 aliphatic carbocycles. The van der Waals surface area contributed by atoms with Gasteiger partial charge in [-0.3, -0.25) is 13.9 Å². The van der Waals surface area contributed by atoms with E-state index in [0.29, 0.717) is 29.3 Å². The molecule has 0 aromatic heterocycles. The molecule has 41 heavy (non-hydrogen) atoms. The van der Waals surface area contributed by atoms with Gasteiger partial charge in [-0.2, -0.15) is 0 Å². The maximum atomic E-state index is 14.2. The van der Waals surface area contributed by atoms with Crippen LogP contribution in [0, 0.1) is 13.8 Å². The highest BCUT2D eigenvalue weighted by atomic mass is 35.5. The highest BCUT2D eigenvalue weighted by molar-refractivity contribution is 7.92. The number of aryl methyl sites for hydroxylation is 1. The van der Waals surface area contributed by atoms with E-state index in [1.165, 1.54) is 17.0 Å². The van der Waals surface area contributed by atoms with Crippen molar-refractivity contribution in [3.63, 3.8) is 0 Å². The Hall–Kier alpha value is -3.56. The van der Waals surface area contributed by atoms with Crippen LogP contribution >= 0.6 is 11.6 Å². The van der Waals surface area contributed by atoms with Crippen molar-refractivity contribution in [2.24, 2.45) is 0 Å². The van der Waals surface area contributed by atoms with Gasteiger partial charge in [-0.25, -0.2) is 8.42 Å². The van der Waals surface area contributed by atoms with Crippen LogP contribution in [-0.4, -0.2) is 51.4 Å². The molecule has 0 aliphatic heterocycles. The van der Waals surface area contributed by atoms with Gasteiger partial charge < -0.3 is 15.0 Å². The quantitative estimate of drug-likeness (QED) is 0.280. The largest absolute Gasteiger partial charge is 0.497 e. The molecule has 0 bridgehead atoms. The molecule has 0 unspecified atom stereocenters. The number of ether oxygens (including phenoxy) is 1. The van der Waals surface area contributed by atoms with E-state index in [-0.39, 0.29) is 23.0 Å². The first kappa shape index (κ1) is 32.0. The molecule has 1 N–H and O–H groups in total. The monoisotopic (exact) mass is 599 g/mol. The van der Waals surface area contributed by atoms with Gasteiger partial charge in [0.15, 0.2) is 0 Å². The van der Waals surface area contributed by atoms with Crippen LogP contribution < -0.4 is 14.4 Å². The Bertz CT molecular complexity index is 1460. The van der Waals surface area contributed by atoms with Gasteiger partial charge in [-0.1, -0.05) is 61.3 Å². The molecule has 3 rings (SSSR count). The highest BCUT2D eigenvalue weighted by Crippen LogP contribution is 2.31. The number of halogens is 1. The van der Waals surface area contributed by atoms with E-state index >= 15 is 0 Å². The summed E-state index contributed by atoms with van der Waals surface area (Å²) in [4.78, 5) is 28.9. The lowest BCUT2D eigenvalue weighted by Gasteiger charge is -2.33. The topological polar surface area (TPSA) is 96.0 Å². The zero-order chi connectivity index (χ0) is 30.2. The average molecular weight is 600 g/mol. The Morgan fingerprint density at radius 2 is 1.68 bits per heavy atom. The fourth-order valence-corrected chi connectivity index (χ4v) is 6.11. The molecule has 0 fully saturated rings. The summed E-state index contributed by atoms with van der Waals surface area (Å²) in [5.41, 5.74) is 2.45. The number of amides is 2. The standard InChI is InChI=1S/C31H38ClN3O5S/c1-6-18-33-31(37)28(7-2)34(20-24-10-8-11-25(19-24)40-5)30(36)21-35(29-13-9-12-27(32)23(29)4)41(38,39)26-16-14-22(3)15-17-26/h8-17,19,28H,6-7,18,20-21H2,1-5H3,(H,33,37)/t28-/m1/s1. The predicted octanol–water partition coefficient (Wildman–Crippen LogP) is 5.49. The molecule has 1 atom stereocenters. The molecule has 10 heteroatoms. The van der Waals surface area contributed by atoms with Gasteiger partial charge >= 0.3 is 0 Å². The number of hydrogen-bond donors (Lipinski definition) is 1. The minimum Gasteiger partial charge on any atom is -0.497 e. The number of anilines is 1. The van der Waals surface area contributed by atoms with Crippen LogP contribution in [0.1, 0.15) is 43.4 Å². The van der Waals surface area contributed by atoms with Crippen molar-refractivity contribution >= 4 is 39.1 Å². The number of hydrogen-bond acceptors (Lipinski definition) is 5. The van der Waals surface area contributed by atoms with Crippen LogP contribution in [0.5, 0.6) is 5.75 Å². The normalized spacial score (nSPS) is 12.0. The fraction of sp³-hybridized carbons (Fsp3) is 0.355. The number of nitrogens with one attached hydrogen (secondary N) is 1. The third kappa shape index (κ3) is 7.80. The van der Waals surface area contributed by atoms with Crippen LogP contribution in [0.15, 0.2) is 71.6 Å². The second-order valence-corrected chi connectivity index (χ2v) is 12.1. The highest BCUT2D eigenvalue weighted by Gasteiger charge is 2.34. The van der Waals surface area contributed by atoms with Crippen LogP contribution in [0.25, 0.3) is 0 Å². The van der Waals surface area contributed by atoms with E-state index in [4.69, 9.17) is 16.3 Å². The number of rotatable bonds is 13. The van der Waals surface area contributed by atoms with Crippen molar-refractivity contribution in [1.29, 1.82) is 0 Å². The summed E-state index contributed by atoms with van der Waals surface area (Å²) in [5.74, 6) is -0.213. The van der Waals surface area contributed by atoms with E-state index in [1.54, 1.807) is 62.6 Å². The number of carbonyl (C=O) groups excluding carboxylic acids is 2. The van der Waals surface area contributed by atoms with Crippen molar-refractivity contribution < 1.29 is 22.7 Å². The second-order valence-electron chi connectivity index (χ2n) is 9.80. The van der Waals surface area contributed by atoms with Gasteiger partial charge in [0.25, 0.3) is 10.0 Å².